The van der Waals surface area contributed by atoms with E-state index in [1.165, 1.54) is 23.9 Å². The molecule has 1 N–H and O–H groups in total. The number of H-pyrrole nitrogens is 1. The first-order valence-electron chi connectivity index (χ1n) is 8.23. The molecular weight excluding hydrogens is 381 g/mol. The molecule has 142 valence electrons. The normalized spacial score (nSPS) is 10.8. The maximum atomic E-state index is 13.1. The largest absolute Gasteiger partial charge is 0.493 e. The van der Waals surface area contributed by atoms with Gasteiger partial charge < -0.3 is 9.47 Å². The number of nitriles is 1. The molecule has 9 heteroatoms. The number of halogens is 1. The van der Waals surface area contributed by atoms with Gasteiger partial charge in [0.1, 0.15) is 11.9 Å². The van der Waals surface area contributed by atoms with Gasteiger partial charge in [0, 0.05) is 6.42 Å². The topological polar surface area (TPSA) is 88.2 Å². The number of nitrogens with one attached hydrogen (secondary N) is 1. The van der Waals surface area contributed by atoms with Gasteiger partial charge in [0.25, 0.3) is 0 Å². The van der Waals surface area contributed by atoms with Crippen LogP contribution in [-0.4, -0.2) is 34.8 Å². The van der Waals surface area contributed by atoms with Crippen LogP contribution in [0, 0.1) is 21.9 Å². The van der Waals surface area contributed by atoms with Crippen LogP contribution in [0.15, 0.2) is 47.6 Å². The van der Waals surface area contributed by atoms with Crippen molar-refractivity contribution in [2.75, 3.05) is 13.7 Å². The van der Waals surface area contributed by atoms with Crippen molar-refractivity contribution in [3.8, 4) is 17.6 Å². The van der Waals surface area contributed by atoms with Gasteiger partial charge in [-0.05, 0) is 53.7 Å². The molecule has 2 aromatic carbocycles. The summed E-state index contributed by atoms with van der Waals surface area (Å²) in [6.07, 6.45) is 2.05. The minimum absolute atomic E-state index is 0.0687. The van der Waals surface area contributed by atoms with Gasteiger partial charge in [-0.3, -0.25) is 5.10 Å². The highest BCUT2D eigenvalue weighted by molar-refractivity contribution is 7.71. The van der Waals surface area contributed by atoms with Crippen LogP contribution in [0.2, 0.25) is 0 Å². The van der Waals surface area contributed by atoms with E-state index in [1.807, 2.05) is 6.07 Å². The summed E-state index contributed by atoms with van der Waals surface area (Å²) in [6.45, 7) is -0.0687. The van der Waals surface area contributed by atoms with E-state index in [9.17, 15) is 4.39 Å². The lowest BCUT2D eigenvalue weighted by Gasteiger charge is -2.08. The van der Waals surface area contributed by atoms with Gasteiger partial charge in [-0.2, -0.15) is 20.1 Å². The summed E-state index contributed by atoms with van der Waals surface area (Å²) in [7, 11) is 1.52. The highest BCUT2D eigenvalue weighted by atomic mass is 32.1. The van der Waals surface area contributed by atoms with Crippen LogP contribution in [-0.2, 0) is 6.42 Å². The maximum absolute atomic E-state index is 13.1. The lowest BCUT2D eigenvalue weighted by atomic mass is 10.1. The lowest BCUT2D eigenvalue weighted by Crippen LogP contribution is -2.01. The molecule has 0 bridgehead atoms. The quantitative estimate of drug-likeness (QED) is 0.487. The Morgan fingerprint density at radius 1 is 1.29 bits per heavy atom. The van der Waals surface area contributed by atoms with Crippen molar-refractivity contribution in [3.05, 3.63) is 70.0 Å². The number of nitrogens with zero attached hydrogens (tertiary/aromatic N) is 4. The molecule has 0 saturated heterocycles. The van der Waals surface area contributed by atoms with Crippen molar-refractivity contribution < 1.29 is 13.9 Å². The first-order chi connectivity index (χ1) is 13.6. The summed E-state index contributed by atoms with van der Waals surface area (Å²) in [5.74, 6) is 1.25. The predicted molar refractivity (Wildman–Crippen MR) is 104 cm³/mol. The van der Waals surface area contributed by atoms with E-state index in [4.69, 9.17) is 27.0 Å². The number of hydrogen-bond donors (Lipinski definition) is 1. The standard InChI is InChI=1S/C19H16FN5O2S/c1-26-17-10-14(4-7-16(17)27-9-8-21)12-22-25-18(23-24-19(25)28)11-13-2-5-15(20)6-3-13/h2-7,10,12H,9,11H2,1H3,(H,24,28)/b22-12-. The van der Waals surface area contributed by atoms with E-state index in [-0.39, 0.29) is 12.4 Å². The van der Waals surface area contributed by atoms with Crippen LogP contribution >= 0.6 is 12.2 Å². The fourth-order valence-electron chi connectivity index (χ4n) is 2.46. The van der Waals surface area contributed by atoms with Crippen LogP contribution in [0.25, 0.3) is 0 Å². The number of aromatic nitrogens is 3. The molecule has 0 unspecified atom stereocenters. The SMILES string of the molecule is COc1cc(/C=N\n2c(Cc3ccc(F)cc3)n[nH]c2=S)ccc1OCC#N. The van der Waals surface area contributed by atoms with E-state index < -0.39 is 0 Å². The number of rotatable bonds is 7. The van der Waals surface area contributed by atoms with Crippen LogP contribution in [0.5, 0.6) is 11.5 Å². The minimum atomic E-state index is -0.295. The van der Waals surface area contributed by atoms with Gasteiger partial charge in [-0.15, -0.1) is 0 Å². The van der Waals surface area contributed by atoms with E-state index in [0.717, 1.165) is 11.1 Å². The molecule has 0 aliphatic heterocycles. The second kappa shape index (κ2) is 8.92. The second-order valence-electron chi connectivity index (χ2n) is 5.66. The van der Waals surface area contributed by atoms with Crippen molar-refractivity contribution in [2.45, 2.75) is 6.42 Å². The minimum Gasteiger partial charge on any atom is -0.493 e. The summed E-state index contributed by atoms with van der Waals surface area (Å²) in [6, 6.07) is 13.3. The molecule has 0 spiro atoms. The molecule has 0 fully saturated rings. The Morgan fingerprint density at radius 2 is 2.07 bits per heavy atom. The molecule has 3 aromatic rings. The third-order valence-corrected chi connectivity index (χ3v) is 4.06. The van der Waals surface area contributed by atoms with E-state index in [2.05, 4.69) is 15.3 Å². The fourth-order valence-corrected chi connectivity index (χ4v) is 2.66. The highest BCUT2D eigenvalue weighted by Crippen LogP contribution is 2.27. The predicted octanol–water partition coefficient (Wildman–Crippen LogP) is 3.46. The molecule has 0 radical (unpaired) electrons. The summed E-state index contributed by atoms with van der Waals surface area (Å²) in [4.78, 5) is 0. The van der Waals surface area contributed by atoms with E-state index in [0.29, 0.717) is 28.5 Å². The van der Waals surface area contributed by atoms with Crippen LogP contribution in [0.3, 0.4) is 0 Å². The Labute approximate surface area is 165 Å². The summed E-state index contributed by atoms with van der Waals surface area (Å²) in [5, 5.41) is 19.9. The molecule has 0 amide bonds. The van der Waals surface area contributed by atoms with Crippen molar-refractivity contribution >= 4 is 18.4 Å². The molecule has 0 aliphatic carbocycles. The third kappa shape index (κ3) is 4.61. The molecule has 7 nitrogen and oxygen atoms in total. The Hall–Kier alpha value is -3.51. The fraction of sp³-hybridized carbons (Fsp3) is 0.158. The molecule has 3 rings (SSSR count). The Balaban J connectivity index is 1.83. The smallest absolute Gasteiger partial charge is 0.216 e. The molecule has 28 heavy (non-hydrogen) atoms. The van der Waals surface area contributed by atoms with Gasteiger partial charge in [-0.25, -0.2) is 4.39 Å². The Morgan fingerprint density at radius 3 is 2.79 bits per heavy atom. The highest BCUT2D eigenvalue weighted by Gasteiger charge is 2.08. The monoisotopic (exact) mass is 397 g/mol. The van der Waals surface area contributed by atoms with Gasteiger partial charge >= 0.3 is 0 Å². The number of benzene rings is 2. The van der Waals surface area contributed by atoms with Crippen molar-refractivity contribution in [2.24, 2.45) is 5.10 Å². The second-order valence-corrected chi connectivity index (χ2v) is 6.05. The van der Waals surface area contributed by atoms with Crippen LogP contribution < -0.4 is 9.47 Å². The molecule has 1 heterocycles. The number of methoxy groups -OCH3 is 1. The van der Waals surface area contributed by atoms with Crippen molar-refractivity contribution in [1.82, 2.24) is 14.9 Å². The average Bonchev–Trinajstić information content (AvgIpc) is 3.06. The summed E-state index contributed by atoms with van der Waals surface area (Å²) in [5.41, 5.74) is 1.63. The van der Waals surface area contributed by atoms with Gasteiger partial charge in [-0.1, -0.05) is 12.1 Å². The molecule has 0 atom stereocenters. The first-order valence-corrected chi connectivity index (χ1v) is 8.64. The van der Waals surface area contributed by atoms with Gasteiger partial charge in [0.2, 0.25) is 4.77 Å². The van der Waals surface area contributed by atoms with Crippen LogP contribution in [0.1, 0.15) is 17.0 Å². The van der Waals surface area contributed by atoms with Gasteiger partial charge in [0.05, 0.1) is 13.3 Å². The van der Waals surface area contributed by atoms with E-state index in [1.54, 1.807) is 36.5 Å². The Kier molecular flexibility index (Phi) is 6.14. The van der Waals surface area contributed by atoms with E-state index >= 15 is 0 Å². The summed E-state index contributed by atoms with van der Waals surface area (Å²) < 4.78 is 25.5. The van der Waals surface area contributed by atoms with Gasteiger partial charge in [0.15, 0.2) is 23.9 Å². The molecule has 0 aliphatic rings. The molecular formula is C19H16FN5O2S. The Bertz CT molecular complexity index is 1080. The number of ether oxygens (including phenoxy) is 2. The first kappa shape index (κ1) is 19.3. The molecule has 1 aromatic heterocycles. The number of aromatic amines is 1. The third-order valence-electron chi connectivity index (χ3n) is 3.80. The lowest BCUT2D eigenvalue weighted by molar-refractivity contribution is 0.329. The average molecular weight is 397 g/mol. The maximum Gasteiger partial charge on any atom is 0.216 e. The number of hydrogen-bond acceptors (Lipinski definition) is 6. The zero-order valence-corrected chi connectivity index (χ0v) is 15.7. The van der Waals surface area contributed by atoms with Crippen molar-refractivity contribution in [1.29, 1.82) is 5.26 Å². The zero-order valence-electron chi connectivity index (χ0n) is 14.9. The molecule has 0 saturated carbocycles. The summed E-state index contributed by atoms with van der Waals surface area (Å²) >= 11 is 5.24. The van der Waals surface area contributed by atoms with Crippen molar-refractivity contribution in [3.63, 3.8) is 0 Å². The van der Waals surface area contributed by atoms with Crippen LogP contribution in [0.4, 0.5) is 4.39 Å². The zero-order chi connectivity index (χ0) is 19.9.